The zero-order valence-electron chi connectivity index (χ0n) is 18.7. The quantitative estimate of drug-likeness (QED) is 0.468. The summed E-state index contributed by atoms with van der Waals surface area (Å²) in [5, 5.41) is 9.71. The lowest BCUT2D eigenvalue weighted by atomic mass is 10.0. The molecule has 3 heterocycles. The van der Waals surface area contributed by atoms with Gasteiger partial charge in [0.05, 0.1) is 4.91 Å². The van der Waals surface area contributed by atoms with Gasteiger partial charge in [-0.3, -0.25) is 19.1 Å². The highest BCUT2D eigenvalue weighted by Crippen LogP contribution is 2.36. The fraction of sp³-hybridized carbons (Fsp3) is 0.565. The van der Waals surface area contributed by atoms with Crippen LogP contribution in [0.25, 0.3) is 6.08 Å². The molecular weight excluding hydrogens is 428 g/mol. The molecule has 2 fully saturated rings. The predicted molar refractivity (Wildman–Crippen MR) is 131 cm³/mol. The smallest absolute Gasteiger partial charge is 0.270 e. The molecule has 6 nitrogen and oxygen atoms in total. The third kappa shape index (κ3) is 4.73. The maximum absolute atomic E-state index is 13.1. The van der Waals surface area contributed by atoms with Crippen LogP contribution in [0.3, 0.4) is 0 Å². The molecule has 0 unspecified atom stereocenters. The van der Waals surface area contributed by atoms with Crippen molar-refractivity contribution in [1.82, 2.24) is 9.47 Å². The van der Waals surface area contributed by atoms with Gasteiger partial charge in [0.1, 0.15) is 21.8 Å². The zero-order valence-corrected chi connectivity index (χ0v) is 20.4. The maximum atomic E-state index is 13.1. The lowest BCUT2D eigenvalue weighted by molar-refractivity contribution is -0.122. The number of rotatable bonds is 6. The Kier molecular flexibility index (Phi) is 7.60. The molecule has 1 aromatic rings. The van der Waals surface area contributed by atoms with E-state index in [0.717, 1.165) is 43.7 Å². The molecule has 1 amide bonds. The van der Waals surface area contributed by atoms with E-state index < -0.39 is 0 Å². The molecule has 0 bridgehead atoms. The molecule has 166 valence electrons. The van der Waals surface area contributed by atoms with Crippen molar-refractivity contribution in [2.24, 2.45) is 5.92 Å². The fourth-order valence-corrected chi connectivity index (χ4v) is 5.43. The van der Waals surface area contributed by atoms with Crippen molar-refractivity contribution in [3.63, 3.8) is 0 Å². The summed E-state index contributed by atoms with van der Waals surface area (Å²) in [6.07, 6.45) is 5.94. The summed E-state index contributed by atoms with van der Waals surface area (Å²) in [7, 11) is 0. The van der Waals surface area contributed by atoms with Crippen molar-refractivity contribution >= 4 is 46.1 Å². The van der Waals surface area contributed by atoms with Crippen molar-refractivity contribution in [2.45, 2.75) is 59.9 Å². The molecular formula is C23H30N4O2S2. The normalized spacial score (nSPS) is 18.4. The van der Waals surface area contributed by atoms with Gasteiger partial charge < -0.3 is 4.90 Å². The largest absolute Gasteiger partial charge is 0.357 e. The van der Waals surface area contributed by atoms with Gasteiger partial charge in [0.15, 0.2) is 0 Å². The summed E-state index contributed by atoms with van der Waals surface area (Å²) in [6, 6.07) is 2.10. The van der Waals surface area contributed by atoms with Crippen molar-refractivity contribution in [1.29, 1.82) is 5.26 Å². The summed E-state index contributed by atoms with van der Waals surface area (Å²) < 4.78 is 2.29. The van der Waals surface area contributed by atoms with Gasteiger partial charge in [-0.1, -0.05) is 44.8 Å². The van der Waals surface area contributed by atoms with Crippen LogP contribution in [0.2, 0.25) is 0 Å². The number of thioether (sulfide) groups is 1. The van der Waals surface area contributed by atoms with E-state index in [1.54, 1.807) is 9.47 Å². The Morgan fingerprint density at radius 3 is 2.48 bits per heavy atom. The van der Waals surface area contributed by atoms with Gasteiger partial charge in [-0.15, -0.1) is 0 Å². The highest BCUT2D eigenvalue weighted by Gasteiger charge is 2.33. The number of amides is 1. The molecule has 0 spiro atoms. The predicted octanol–water partition coefficient (Wildman–Crippen LogP) is 4.29. The van der Waals surface area contributed by atoms with E-state index in [9.17, 15) is 14.9 Å². The molecule has 2 aliphatic rings. The highest BCUT2D eigenvalue weighted by molar-refractivity contribution is 8.26. The van der Waals surface area contributed by atoms with Crippen LogP contribution >= 0.6 is 24.0 Å². The Balaban J connectivity index is 2.21. The molecule has 31 heavy (non-hydrogen) atoms. The Labute approximate surface area is 193 Å². The van der Waals surface area contributed by atoms with Gasteiger partial charge in [0.2, 0.25) is 0 Å². The fourth-order valence-electron chi connectivity index (χ4n) is 4.18. The van der Waals surface area contributed by atoms with E-state index >= 15 is 0 Å². The number of nitriles is 1. The summed E-state index contributed by atoms with van der Waals surface area (Å²) in [5.74, 6) is 1.04. The molecule has 0 aromatic carbocycles. The Morgan fingerprint density at radius 2 is 1.90 bits per heavy atom. The van der Waals surface area contributed by atoms with Gasteiger partial charge in [-0.05, 0) is 50.2 Å². The lowest BCUT2D eigenvalue weighted by Gasteiger charge is -2.33. The first kappa shape index (κ1) is 23.6. The summed E-state index contributed by atoms with van der Waals surface area (Å²) in [6.45, 7) is 10.8. The van der Waals surface area contributed by atoms with E-state index in [2.05, 4.69) is 24.8 Å². The van der Waals surface area contributed by atoms with Crippen molar-refractivity contribution in [3.05, 3.63) is 31.9 Å². The first-order chi connectivity index (χ1) is 14.8. The van der Waals surface area contributed by atoms with E-state index in [-0.39, 0.29) is 17.0 Å². The topological polar surface area (TPSA) is 69.3 Å². The van der Waals surface area contributed by atoms with Crippen LogP contribution in [-0.2, 0) is 11.3 Å². The van der Waals surface area contributed by atoms with Gasteiger partial charge in [-0.25, -0.2) is 0 Å². The molecule has 3 rings (SSSR count). The second kappa shape index (κ2) is 10.0. The van der Waals surface area contributed by atoms with Crippen LogP contribution in [0, 0.1) is 24.2 Å². The lowest BCUT2D eigenvalue weighted by Crippen LogP contribution is -2.37. The molecule has 0 radical (unpaired) electrons. The highest BCUT2D eigenvalue weighted by atomic mass is 32.2. The monoisotopic (exact) mass is 458 g/mol. The third-order valence-corrected chi connectivity index (χ3v) is 7.02. The SMILES string of the molecule is CCCn1c(N2CCCCC2)c(C=C2SC(=S)N(CC(C)C)C2=O)c(C)c(C#N)c1=O. The third-order valence-electron chi connectivity index (χ3n) is 5.65. The molecule has 0 N–H and O–H groups in total. The van der Waals surface area contributed by atoms with Crippen molar-refractivity contribution in [2.75, 3.05) is 24.5 Å². The maximum Gasteiger partial charge on any atom is 0.270 e. The number of hydrogen-bond acceptors (Lipinski definition) is 6. The minimum Gasteiger partial charge on any atom is -0.357 e. The molecule has 2 saturated heterocycles. The minimum absolute atomic E-state index is 0.0977. The number of carbonyl (C=O) groups excluding carboxylic acids is 1. The summed E-state index contributed by atoms with van der Waals surface area (Å²) in [5.41, 5.74) is 1.33. The molecule has 8 heteroatoms. The molecule has 0 atom stereocenters. The molecule has 2 aliphatic heterocycles. The first-order valence-corrected chi connectivity index (χ1v) is 12.2. The van der Waals surface area contributed by atoms with E-state index in [4.69, 9.17) is 12.2 Å². The molecule has 1 aromatic heterocycles. The van der Waals surface area contributed by atoms with E-state index in [1.807, 2.05) is 19.9 Å². The first-order valence-electron chi connectivity index (χ1n) is 11.0. The molecule has 0 saturated carbocycles. The van der Waals surface area contributed by atoms with Crippen molar-refractivity contribution in [3.8, 4) is 6.07 Å². The van der Waals surface area contributed by atoms with E-state index in [1.165, 1.54) is 18.2 Å². The van der Waals surface area contributed by atoms with Crippen molar-refractivity contribution < 1.29 is 4.79 Å². The van der Waals surface area contributed by atoms with E-state index in [0.29, 0.717) is 33.8 Å². The number of pyridine rings is 1. The van der Waals surface area contributed by atoms with Crippen LogP contribution < -0.4 is 10.5 Å². The number of anilines is 1. The average Bonchev–Trinajstić information content (AvgIpc) is 2.99. The number of piperidine rings is 1. The van der Waals surface area contributed by atoms with Crippen LogP contribution in [-0.4, -0.2) is 39.3 Å². The van der Waals surface area contributed by atoms with Gasteiger partial charge in [-0.2, -0.15) is 5.26 Å². The van der Waals surface area contributed by atoms with Crippen LogP contribution in [0.15, 0.2) is 9.70 Å². The van der Waals surface area contributed by atoms with Gasteiger partial charge in [0.25, 0.3) is 11.5 Å². The second-order valence-corrected chi connectivity index (χ2v) is 10.2. The zero-order chi connectivity index (χ0) is 22.7. The second-order valence-electron chi connectivity index (χ2n) is 8.54. The molecule has 0 aliphatic carbocycles. The number of hydrogen-bond donors (Lipinski definition) is 0. The van der Waals surface area contributed by atoms with Crippen LogP contribution in [0.4, 0.5) is 5.82 Å². The van der Waals surface area contributed by atoms with Crippen LogP contribution in [0.1, 0.15) is 63.1 Å². The summed E-state index contributed by atoms with van der Waals surface area (Å²) in [4.78, 5) is 30.7. The van der Waals surface area contributed by atoms with Gasteiger partial charge >= 0.3 is 0 Å². The Bertz CT molecular complexity index is 1010. The minimum atomic E-state index is -0.244. The van der Waals surface area contributed by atoms with Gasteiger partial charge in [0, 0.05) is 31.7 Å². The van der Waals surface area contributed by atoms with Crippen LogP contribution in [0.5, 0.6) is 0 Å². The Hall–Kier alpha value is -2.11. The standard InChI is InChI=1S/C23H30N4O2S2/c1-5-9-26-20(25-10-7-6-8-11-25)17(16(4)18(13-24)21(26)28)12-19-22(29)27(14-15(2)3)23(30)31-19/h12,15H,5-11,14H2,1-4H3. The number of carbonyl (C=O) groups is 1. The Morgan fingerprint density at radius 1 is 1.23 bits per heavy atom. The number of aromatic nitrogens is 1. The summed E-state index contributed by atoms with van der Waals surface area (Å²) >= 11 is 6.77. The number of nitrogens with zero attached hydrogens (tertiary/aromatic N) is 4. The number of thiocarbonyl (C=S) groups is 1. The average molecular weight is 459 g/mol.